The summed E-state index contributed by atoms with van der Waals surface area (Å²) in [6.45, 7) is 5.64. The lowest BCUT2D eigenvalue weighted by molar-refractivity contribution is -0.174. The SMILES string of the molecule is C=CCn1c(=S)[nH]c2cc(C(=O)N3CCN(CCCOCC(F)(F)F)CC3)ccc2c1=O. The number of aromatic nitrogens is 2. The average Bonchev–Trinajstić information content (AvgIpc) is 2.75. The highest BCUT2D eigenvalue weighted by Crippen LogP contribution is 2.16. The Morgan fingerprint density at radius 2 is 1.97 bits per heavy atom. The van der Waals surface area contributed by atoms with Gasteiger partial charge in [-0.05, 0) is 36.8 Å². The van der Waals surface area contributed by atoms with Crippen molar-refractivity contribution < 1.29 is 22.7 Å². The fraction of sp³-hybridized carbons (Fsp3) is 0.476. The zero-order chi connectivity index (χ0) is 23.3. The van der Waals surface area contributed by atoms with Crippen LogP contribution in [0.4, 0.5) is 13.2 Å². The molecule has 0 radical (unpaired) electrons. The molecule has 3 rings (SSSR count). The minimum absolute atomic E-state index is 0.0472. The second-order valence-corrected chi connectivity index (χ2v) is 7.94. The molecule has 11 heteroatoms. The van der Waals surface area contributed by atoms with Gasteiger partial charge in [0.2, 0.25) is 0 Å². The van der Waals surface area contributed by atoms with E-state index in [9.17, 15) is 22.8 Å². The molecule has 0 spiro atoms. The van der Waals surface area contributed by atoms with Gasteiger partial charge in [-0.25, -0.2) is 0 Å². The zero-order valence-electron chi connectivity index (χ0n) is 17.5. The van der Waals surface area contributed by atoms with Crippen molar-refractivity contribution in [1.29, 1.82) is 0 Å². The van der Waals surface area contributed by atoms with E-state index in [0.717, 1.165) is 0 Å². The maximum atomic E-state index is 12.9. The van der Waals surface area contributed by atoms with E-state index in [1.807, 2.05) is 0 Å². The lowest BCUT2D eigenvalue weighted by atomic mass is 10.1. The minimum Gasteiger partial charge on any atom is -0.372 e. The number of halogens is 3. The first-order valence-corrected chi connectivity index (χ1v) is 10.6. The van der Waals surface area contributed by atoms with E-state index in [1.54, 1.807) is 29.2 Å². The highest BCUT2D eigenvalue weighted by atomic mass is 32.1. The molecule has 2 heterocycles. The number of nitrogens with one attached hydrogen (secondary N) is 1. The van der Waals surface area contributed by atoms with Gasteiger partial charge in [-0.3, -0.25) is 19.1 Å². The topological polar surface area (TPSA) is 70.6 Å². The Morgan fingerprint density at radius 3 is 2.62 bits per heavy atom. The van der Waals surface area contributed by atoms with E-state index in [0.29, 0.717) is 62.2 Å². The Morgan fingerprint density at radius 1 is 1.25 bits per heavy atom. The Balaban J connectivity index is 1.57. The molecule has 1 aromatic heterocycles. The van der Waals surface area contributed by atoms with Gasteiger partial charge in [-0.15, -0.1) is 6.58 Å². The van der Waals surface area contributed by atoms with Crippen LogP contribution in [0.1, 0.15) is 16.8 Å². The number of nitrogens with zero attached hydrogens (tertiary/aromatic N) is 3. The summed E-state index contributed by atoms with van der Waals surface area (Å²) in [6, 6.07) is 4.88. The van der Waals surface area contributed by atoms with E-state index in [-0.39, 0.29) is 22.8 Å². The Kier molecular flexibility index (Phi) is 7.86. The Bertz CT molecular complexity index is 1090. The third-order valence-electron chi connectivity index (χ3n) is 5.23. The van der Waals surface area contributed by atoms with E-state index < -0.39 is 12.8 Å². The predicted octanol–water partition coefficient (Wildman–Crippen LogP) is 2.97. The smallest absolute Gasteiger partial charge is 0.372 e. The van der Waals surface area contributed by atoms with E-state index >= 15 is 0 Å². The van der Waals surface area contributed by atoms with Gasteiger partial charge in [0, 0.05) is 51.4 Å². The van der Waals surface area contributed by atoms with Crippen molar-refractivity contribution in [2.75, 3.05) is 45.9 Å². The molecule has 0 unspecified atom stereocenters. The van der Waals surface area contributed by atoms with Gasteiger partial charge in [0.15, 0.2) is 4.77 Å². The average molecular weight is 471 g/mol. The molecule has 1 aliphatic heterocycles. The quantitative estimate of drug-likeness (QED) is 0.365. The summed E-state index contributed by atoms with van der Waals surface area (Å²) in [7, 11) is 0. The minimum atomic E-state index is -4.30. The molecule has 1 amide bonds. The lowest BCUT2D eigenvalue weighted by Gasteiger charge is -2.34. The van der Waals surface area contributed by atoms with Crippen LogP contribution in [0.3, 0.4) is 0 Å². The van der Waals surface area contributed by atoms with Crippen molar-refractivity contribution in [3.05, 3.63) is 51.5 Å². The summed E-state index contributed by atoms with van der Waals surface area (Å²) in [5, 5.41) is 0.439. The maximum Gasteiger partial charge on any atom is 0.411 e. The largest absolute Gasteiger partial charge is 0.411 e. The number of H-pyrrole nitrogens is 1. The first-order chi connectivity index (χ1) is 15.2. The van der Waals surface area contributed by atoms with Crippen LogP contribution in [-0.4, -0.2) is 77.4 Å². The van der Waals surface area contributed by atoms with Crippen molar-refractivity contribution in [1.82, 2.24) is 19.4 Å². The van der Waals surface area contributed by atoms with Gasteiger partial charge in [-0.1, -0.05) is 6.08 Å². The monoisotopic (exact) mass is 470 g/mol. The first-order valence-electron chi connectivity index (χ1n) is 10.2. The molecule has 0 aliphatic carbocycles. The molecule has 7 nitrogen and oxygen atoms in total. The number of allylic oxidation sites excluding steroid dienone is 1. The highest BCUT2D eigenvalue weighted by molar-refractivity contribution is 7.71. The number of benzene rings is 1. The van der Waals surface area contributed by atoms with Crippen molar-refractivity contribution in [2.24, 2.45) is 0 Å². The molecular weight excluding hydrogens is 445 g/mol. The zero-order valence-corrected chi connectivity index (χ0v) is 18.3. The number of rotatable bonds is 8. The fourth-order valence-electron chi connectivity index (χ4n) is 3.62. The van der Waals surface area contributed by atoms with Crippen LogP contribution in [0.5, 0.6) is 0 Å². The number of alkyl halides is 3. The van der Waals surface area contributed by atoms with Crippen LogP contribution in [0.15, 0.2) is 35.6 Å². The van der Waals surface area contributed by atoms with Crippen molar-refractivity contribution in [3.8, 4) is 0 Å². The molecule has 0 atom stereocenters. The van der Waals surface area contributed by atoms with E-state index in [1.165, 1.54) is 4.57 Å². The number of hydrogen-bond donors (Lipinski definition) is 1. The number of hydrogen-bond acceptors (Lipinski definition) is 5. The standard InChI is InChI=1S/C21H25F3N4O3S/c1-2-6-28-19(30)16-5-4-15(13-17(16)25-20(28)32)18(29)27-10-8-26(9-11-27)7-3-12-31-14-21(22,23)24/h2,4-5,13H,1,3,6-12,14H2,(H,25,32). The summed E-state index contributed by atoms with van der Waals surface area (Å²) in [5.41, 5.74) is 0.720. The molecule has 1 fully saturated rings. The molecule has 1 aliphatic rings. The molecule has 1 aromatic carbocycles. The Labute approximate surface area is 188 Å². The van der Waals surface area contributed by atoms with Gasteiger partial charge in [-0.2, -0.15) is 13.2 Å². The van der Waals surface area contributed by atoms with Crippen molar-refractivity contribution in [3.63, 3.8) is 0 Å². The van der Waals surface area contributed by atoms with Gasteiger partial charge in [0.05, 0.1) is 10.9 Å². The molecule has 32 heavy (non-hydrogen) atoms. The van der Waals surface area contributed by atoms with Crippen LogP contribution in [0.2, 0.25) is 0 Å². The van der Waals surface area contributed by atoms with E-state index in [4.69, 9.17) is 12.2 Å². The number of aromatic amines is 1. The van der Waals surface area contributed by atoms with Crippen LogP contribution in [-0.2, 0) is 11.3 Å². The van der Waals surface area contributed by atoms with Crippen LogP contribution < -0.4 is 5.56 Å². The number of fused-ring (bicyclic) bond motifs is 1. The second-order valence-electron chi connectivity index (χ2n) is 7.55. The van der Waals surface area contributed by atoms with Crippen LogP contribution in [0.25, 0.3) is 10.9 Å². The molecule has 0 bridgehead atoms. The van der Waals surface area contributed by atoms with Crippen LogP contribution in [0, 0.1) is 4.77 Å². The molecule has 2 aromatic rings. The summed E-state index contributed by atoms with van der Waals surface area (Å²) >= 11 is 5.24. The Hall–Kier alpha value is -2.50. The maximum absolute atomic E-state index is 12.9. The summed E-state index contributed by atoms with van der Waals surface area (Å²) in [4.78, 5) is 32.4. The number of carbonyl (C=O) groups is 1. The predicted molar refractivity (Wildman–Crippen MR) is 117 cm³/mol. The molecular formula is C21H25F3N4O3S. The normalized spacial score (nSPS) is 15.3. The van der Waals surface area contributed by atoms with Crippen molar-refractivity contribution >= 4 is 29.0 Å². The lowest BCUT2D eigenvalue weighted by Crippen LogP contribution is -2.49. The first kappa shape index (κ1) is 24.1. The van der Waals surface area contributed by atoms with Crippen LogP contribution >= 0.6 is 12.2 Å². The summed E-state index contributed by atoms with van der Waals surface area (Å²) < 4.78 is 42.5. The molecule has 174 valence electrons. The van der Waals surface area contributed by atoms with Gasteiger partial charge in [0.25, 0.3) is 11.5 Å². The van der Waals surface area contributed by atoms with Gasteiger partial charge in [0.1, 0.15) is 6.61 Å². The second kappa shape index (κ2) is 10.4. The number of piperazine rings is 1. The fourth-order valence-corrected chi connectivity index (χ4v) is 3.89. The molecule has 1 N–H and O–H groups in total. The van der Waals surface area contributed by atoms with Gasteiger partial charge < -0.3 is 14.6 Å². The highest BCUT2D eigenvalue weighted by Gasteiger charge is 2.27. The number of carbonyl (C=O) groups excluding carboxylic acids is 1. The number of amides is 1. The molecule has 0 saturated carbocycles. The van der Waals surface area contributed by atoms with E-state index in [2.05, 4.69) is 21.2 Å². The number of ether oxygens (including phenoxy) is 1. The molecule has 1 saturated heterocycles. The third kappa shape index (κ3) is 6.05. The summed E-state index contributed by atoms with van der Waals surface area (Å²) in [5.74, 6) is -0.144. The van der Waals surface area contributed by atoms with Crippen molar-refractivity contribution in [2.45, 2.75) is 19.1 Å². The summed E-state index contributed by atoms with van der Waals surface area (Å²) in [6.07, 6.45) is -2.22. The van der Waals surface area contributed by atoms with Gasteiger partial charge >= 0.3 is 6.18 Å². The third-order valence-corrected chi connectivity index (χ3v) is 5.55.